The maximum absolute atomic E-state index is 9.57. The van der Waals surface area contributed by atoms with E-state index in [0.29, 0.717) is 30.4 Å². The highest BCUT2D eigenvalue weighted by Crippen LogP contribution is 2.26. The SMILES string of the molecule is COc1cc(CCN=C(N)Nc2ccccc2OC)ccc1O.I. The van der Waals surface area contributed by atoms with Crippen molar-refractivity contribution in [2.45, 2.75) is 6.42 Å². The number of guanidine groups is 1. The lowest BCUT2D eigenvalue weighted by molar-refractivity contribution is 0.373. The number of benzene rings is 2. The van der Waals surface area contributed by atoms with Crippen LogP contribution in [0, 0.1) is 0 Å². The minimum atomic E-state index is 0. The first-order chi connectivity index (χ1) is 11.1. The summed E-state index contributed by atoms with van der Waals surface area (Å²) in [6, 6.07) is 12.7. The fourth-order valence-electron chi connectivity index (χ4n) is 2.11. The molecule has 0 bridgehead atoms. The Morgan fingerprint density at radius 2 is 1.83 bits per heavy atom. The molecule has 0 fully saturated rings. The van der Waals surface area contributed by atoms with E-state index in [2.05, 4.69) is 10.3 Å². The van der Waals surface area contributed by atoms with Crippen LogP contribution < -0.4 is 20.5 Å². The molecule has 2 aromatic rings. The number of nitrogens with one attached hydrogen (secondary N) is 1. The van der Waals surface area contributed by atoms with Crippen LogP contribution in [0.15, 0.2) is 47.5 Å². The van der Waals surface area contributed by atoms with Crippen LogP contribution in [-0.4, -0.2) is 31.8 Å². The lowest BCUT2D eigenvalue weighted by atomic mass is 10.1. The van der Waals surface area contributed by atoms with Crippen LogP contribution in [0.25, 0.3) is 0 Å². The third-order valence-electron chi connectivity index (χ3n) is 3.30. The summed E-state index contributed by atoms with van der Waals surface area (Å²) in [4.78, 5) is 4.29. The number of para-hydroxylation sites is 2. The van der Waals surface area contributed by atoms with Gasteiger partial charge in [0.25, 0.3) is 0 Å². The summed E-state index contributed by atoms with van der Waals surface area (Å²) >= 11 is 0. The molecule has 6 nitrogen and oxygen atoms in total. The molecule has 0 unspecified atom stereocenters. The predicted molar refractivity (Wildman–Crippen MR) is 107 cm³/mol. The Kier molecular flexibility index (Phi) is 8.17. The lowest BCUT2D eigenvalue weighted by Gasteiger charge is -2.10. The van der Waals surface area contributed by atoms with Crippen LogP contribution in [0.5, 0.6) is 17.2 Å². The van der Waals surface area contributed by atoms with Crippen molar-refractivity contribution in [2.75, 3.05) is 26.1 Å². The van der Waals surface area contributed by atoms with Gasteiger partial charge in [-0.15, -0.1) is 24.0 Å². The molecule has 0 aliphatic rings. The Bertz CT molecular complexity index is 693. The van der Waals surface area contributed by atoms with Crippen LogP contribution in [0.1, 0.15) is 5.56 Å². The van der Waals surface area contributed by atoms with Gasteiger partial charge in [-0.1, -0.05) is 18.2 Å². The molecule has 0 spiro atoms. The van der Waals surface area contributed by atoms with E-state index in [9.17, 15) is 5.11 Å². The van der Waals surface area contributed by atoms with Crippen LogP contribution in [0.2, 0.25) is 0 Å². The molecule has 4 N–H and O–H groups in total. The number of phenolic OH excluding ortho intramolecular Hbond substituents is 1. The van der Waals surface area contributed by atoms with Crippen molar-refractivity contribution in [1.82, 2.24) is 0 Å². The van der Waals surface area contributed by atoms with Crippen LogP contribution in [-0.2, 0) is 6.42 Å². The second-order valence-electron chi connectivity index (χ2n) is 4.85. The molecule has 7 heteroatoms. The first kappa shape index (κ1) is 19.9. The number of nitrogens with two attached hydrogens (primary N) is 1. The summed E-state index contributed by atoms with van der Waals surface area (Å²) < 4.78 is 10.3. The number of hydrogen-bond acceptors (Lipinski definition) is 4. The first-order valence-corrected chi connectivity index (χ1v) is 7.20. The van der Waals surface area contributed by atoms with Crippen molar-refractivity contribution in [2.24, 2.45) is 10.7 Å². The summed E-state index contributed by atoms with van der Waals surface area (Å²) in [5.41, 5.74) is 7.67. The van der Waals surface area contributed by atoms with Crippen LogP contribution >= 0.6 is 24.0 Å². The number of phenols is 1. The van der Waals surface area contributed by atoms with Gasteiger partial charge in [-0.25, -0.2) is 0 Å². The van der Waals surface area contributed by atoms with E-state index in [4.69, 9.17) is 15.2 Å². The van der Waals surface area contributed by atoms with Gasteiger partial charge in [-0.05, 0) is 36.2 Å². The third-order valence-corrected chi connectivity index (χ3v) is 3.30. The van der Waals surface area contributed by atoms with E-state index < -0.39 is 0 Å². The molecule has 0 amide bonds. The molecule has 0 saturated heterocycles. The second kappa shape index (κ2) is 9.86. The molecule has 0 aromatic heterocycles. The molecule has 0 saturated carbocycles. The average molecular weight is 443 g/mol. The molecule has 0 heterocycles. The Morgan fingerprint density at radius 1 is 1.12 bits per heavy atom. The van der Waals surface area contributed by atoms with Crippen LogP contribution in [0.4, 0.5) is 5.69 Å². The first-order valence-electron chi connectivity index (χ1n) is 7.20. The van der Waals surface area contributed by atoms with Gasteiger partial charge in [-0.3, -0.25) is 4.99 Å². The van der Waals surface area contributed by atoms with Crippen molar-refractivity contribution >= 4 is 35.6 Å². The molecular formula is C17H22IN3O3. The fourth-order valence-corrected chi connectivity index (χ4v) is 2.11. The quantitative estimate of drug-likeness (QED) is 0.363. The number of rotatable bonds is 6. The van der Waals surface area contributed by atoms with Crippen molar-refractivity contribution in [1.29, 1.82) is 0 Å². The van der Waals surface area contributed by atoms with Crippen molar-refractivity contribution < 1.29 is 14.6 Å². The summed E-state index contributed by atoms with van der Waals surface area (Å²) in [5, 5.41) is 12.6. The minimum absolute atomic E-state index is 0. The van der Waals surface area contributed by atoms with Gasteiger partial charge in [0.05, 0.1) is 19.9 Å². The molecule has 2 rings (SSSR count). The molecule has 2 aromatic carbocycles. The zero-order chi connectivity index (χ0) is 16.7. The van der Waals surface area contributed by atoms with E-state index in [-0.39, 0.29) is 29.7 Å². The van der Waals surface area contributed by atoms with E-state index in [0.717, 1.165) is 11.3 Å². The predicted octanol–water partition coefficient (Wildman–Crippen LogP) is 3.00. The second-order valence-corrected chi connectivity index (χ2v) is 4.85. The van der Waals surface area contributed by atoms with Crippen molar-refractivity contribution in [3.63, 3.8) is 0 Å². The number of methoxy groups -OCH3 is 2. The zero-order valence-electron chi connectivity index (χ0n) is 13.7. The third kappa shape index (κ3) is 5.48. The van der Waals surface area contributed by atoms with Crippen molar-refractivity contribution in [3.8, 4) is 17.2 Å². The average Bonchev–Trinajstić information content (AvgIpc) is 2.57. The number of anilines is 1. The van der Waals surface area contributed by atoms with Gasteiger partial charge in [0.1, 0.15) is 5.75 Å². The maximum Gasteiger partial charge on any atom is 0.193 e. The van der Waals surface area contributed by atoms with E-state index in [1.165, 1.54) is 7.11 Å². The maximum atomic E-state index is 9.57. The zero-order valence-corrected chi connectivity index (χ0v) is 16.0. The number of aliphatic imine (C=N–C) groups is 1. The Morgan fingerprint density at radius 3 is 2.54 bits per heavy atom. The Hall–Kier alpha value is -2.16. The van der Waals surface area contributed by atoms with E-state index >= 15 is 0 Å². The van der Waals surface area contributed by atoms with E-state index in [1.54, 1.807) is 19.2 Å². The number of halogens is 1. The molecular weight excluding hydrogens is 421 g/mol. The fraction of sp³-hybridized carbons (Fsp3) is 0.235. The van der Waals surface area contributed by atoms with Gasteiger partial charge in [0, 0.05) is 6.54 Å². The largest absolute Gasteiger partial charge is 0.504 e. The molecule has 0 aliphatic carbocycles. The van der Waals surface area contributed by atoms with E-state index in [1.807, 2.05) is 30.3 Å². The van der Waals surface area contributed by atoms with Crippen LogP contribution in [0.3, 0.4) is 0 Å². The highest BCUT2D eigenvalue weighted by Gasteiger charge is 2.04. The van der Waals surface area contributed by atoms with Crippen molar-refractivity contribution in [3.05, 3.63) is 48.0 Å². The lowest BCUT2D eigenvalue weighted by Crippen LogP contribution is -2.23. The number of aromatic hydroxyl groups is 1. The number of nitrogens with zero attached hydrogens (tertiary/aromatic N) is 1. The Balaban J connectivity index is 0.00000288. The van der Waals surface area contributed by atoms with Gasteiger partial charge in [-0.2, -0.15) is 0 Å². The van der Waals surface area contributed by atoms with Gasteiger partial charge in [0.15, 0.2) is 17.5 Å². The molecule has 0 radical (unpaired) electrons. The van der Waals surface area contributed by atoms with Gasteiger partial charge < -0.3 is 25.6 Å². The summed E-state index contributed by atoms with van der Waals surface area (Å²) in [6.07, 6.45) is 0.685. The summed E-state index contributed by atoms with van der Waals surface area (Å²) in [7, 11) is 3.12. The topological polar surface area (TPSA) is 89.1 Å². The summed E-state index contributed by atoms with van der Waals surface area (Å²) in [5.74, 6) is 1.60. The summed E-state index contributed by atoms with van der Waals surface area (Å²) in [6.45, 7) is 0.516. The number of hydrogen-bond donors (Lipinski definition) is 3. The van der Waals surface area contributed by atoms with Gasteiger partial charge in [0.2, 0.25) is 0 Å². The minimum Gasteiger partial charge on any atom is -0.504 e. The molecule has 0 aliphatic heterocycles. The Labute approximate surface area is 158 Å². The highest BCUT2D eigenvalue weighted by atomic mass is 127. The monoisotopic (exact) mass is 443 g/mol. The highest BCUT2D eigenvalue weighted by molar-refractivity contribution is 14.0. The molecule has 24 heavy (non-hydrogen) atoms. The normalized spacial score (nSPS) is 10.7. The molecule has 0 atom stereocenters. The number of ether oxygens (including phenoxy) is 2. The standard InChI is InChI=1S/C17H21N3O3.HI/c1-22-15-6-4-3-5-13(15)20-17(18)19-10-9-12-7-8-14(21)16(11-12)23-2;/h3-8,11,21H,9-10H2,1-2H3,(H3,18,19,20);1H. The van der Waals surface area contributed by atoms with Gasteiger partial charge >= 0.3 is 0 Å². The molecule has 130 valence electrons. The smallest absolute Gasteiger partial charge is 0.193 e.